The summed E-state index contributed by atoms with van der Waals surface area (Å²) in [6.07, 6.45) is 1.81. The van der Waals surface area contributed by atoms with Crippen LogP contribution in [0.5, 0.6) is 0 Å². The summed E-state index contributed by atoms with van der Waals surface area (Å²) < 4.78 is 1.70. The fourth-order valence-corrected chi connectivity index (χ4v) is 2.79. The topological polar surface area (TPSA) is 41.4 Å². The van der Waals surface area contributed by atoms with E-state index in [0.29, 0.717) is 5.56 Å². The van der Waals surface area contributed by atoms with Crippen LogP contribution in [0.4, 0.5) is 5.69 Å². The molecule has 1 aliphatic heterocycles. The van der Waals surface area contributed by atoms with E-state index in [9.17, 15) is 4.79 Å². The fourth-order valence-electron chi connectivity index (χ4n) is 2.79. The number of hydrogen-bond donors (Lipinski definition) is 0. The highest BCUT2D eigenvalue weighted by atomic mass is 16.2. The SMILES string of the molecule is Cc1nn(C)cc1C(=O)N1CCN(c2ccccc2)CC1. The molecular formula is C16H20N4O. The second-order valence-corrected chi connectivity index (χ2v) is 5.42. The van der Waals surface area contributed by atoms with Gasteiger partial charge in [-0.15, -0.1) is 0 Å². The Morgan fingerprint density at radius 1 is 1.10 bits per heavy atom. The van der Waals surface area contributed by atoms with Gasteiger partial charge in [-0.2, -0.15) is 5.10 Å². The third-order valence-electron chi connectivity index (χ3n) is 3.93. The minimum Gasteiger partial charge on any atom is -0.368 e. The second-order valence-electron chi connectivity index (χ2n) is 5.42. The summed E-state index contributed by atoms with van der Waals surface area (Å²) in [5, 5.41) is 4.25. The maximum absolute atomic E-state index is 12.5. The Balaban J connectivity index is 1.66. The molecule has 0 spiro atoms. The van der Waals surface area contributed by atoms with E-state index in [4.69, 9.17) is 0 Å². The van der Waals surface area contributed by atoms with Gasteiger partial charge in [0.2, 0.25) is 0 Å². The molecule has 110 valence electrons. The smallest absolute Gasteiger partial charge is 0.257 e. The molecule has 1 saturated heterocycles. The van der Waals surface area contributed by atoms with E-state index in [1.807, 2.05) is 37.1 Å². The van der Waals surface area contributed by atoms with Crippen molar-refractivity contribution in [2.45, 2.75) is 6.92 Å². The molecule has 0 unspecified atom stereocenters. The lowest BCUT2D eigenvalue weighted by Gasteiger charge is -2.36. The van der Waals surface area contributed by atoms with Gasteiger partial charge in [0.1, 0.15) is 0 Å². The Bertz CT molecular complexity index is 627. The first-order valence-electron chi connectivity index (χ1n) is 7.24. The van der Waals surface area contributed by atoms with Crippen molar-refractivity contribution in [1.82, 2.24) is 14.7 Å². The average Bonchev–Trinajstić information content (AvgIpc) is 2.86. The molecule has 0 radical (unpaired) electrons. The predicted molar refractivity (Wildman–Crippen MR) is 82.5 cm³/mol. The van der Waals surface area contributed by atoms with Crippen molar-refractivity contribution in [3.05, 3.63) is 47.8 Å². The number of amides is 1. The summed E-state index contributed by atoms with van der Waals surface area (Å²) >= 11 is 0. The van der Waals surface area contributed by atoms with Gasteiger partial charge in [0, 0.05) is 45.1 Å². The van der Waals surface area contributed by atoms with Crippen molar-refractivity contribution in [1.29, 1.82) is 0 Å². The molecule has 1 fully saturated rings. The molecule has 0 atom stereocenters. The highest BCUT2D eigenvalue weighted by Gasteiger charge is 2.24. The van der Waals surface area contributed by atoms with Gasteiger partial charge in [-0.25, -0.2) is 0 Å². The molecule has 0 aliphatic carbocycles. The first kappa shape index (κ1) is 13.7. The zero-order chi connectivity index (χ0) is 14.8. The number of carbonyl (C=O) groups is 1. The summed E-state index contributed by atoms with van der Waals surface area (Å²) in [6, 6.07) is 10.3. The number of para-hydroxylation sites is 1. The molecule has 1 aromatic heterocycles. The number of aryl methyl sites for hydroxylation is 2. The summed E-state index contributed by atoms with van der Waals surface area (Å²) in [4.78, 5) is 16.8. The normalized spacial score (nSPS) is 15.3. The van der Waals surface area contributed by atoms with Gasteiger partial charge < -0.3 is 9.80 Å². The first-order chi connectivity index (χ1) is 10.1. The van der Waals surface area contributed by atoms with E-state index in [2.05, 4.69) is 22.1 Å². The van der Waals surface area contributed by atoms with Gasteiger partial charge in [0.25, 0.3) is 5.91 Å². The minimum atomic E-state index is 0.0910. The molecule has 5 nitrogen and oxygen atoms in total. The number of carbonyl (C=O) groups excluding carboxylic acids is 1. The molecule has 3 rings (SSSR count). The van der Waals surface area contributed by atoms with Crippen molar-refractivity contribution in [2.24, 2.45) is 7.05 Å². The molecule has 2 heterocycles. The standard InChI is InChI=1S/C16H20N4O/c1-13-15(12-18(2)17-13)16(21)20-10-8-19(9-11-20)14-6-4-3-5-7-14/h3-7,12H,8-11H2,1-2H3. The molecule has 21 heavy (non-hydrogen) atoms. The molecule has 5 heteroatoms. The minimum absolute atomic E-state index is 0.0910. The molecule has 1 aliphatic rings. The van der Waals surface area contributed by atoms with Gasteiger partial charge in [0.15, 0.2) is 0 Å². The Hall–Kier alpha value is -2.30. The Morgan fingerprint density at radius 3 is 2.33 bits per heavy atom. The average molecular weight is 284 g/mol. The number of hydrogen-bond acceptors (Lipinski definition) is 3. The van der Waals surface area contributed by atoms with Gasteiger partial charge in [-0.1, -0.05) is 18.2 Å². The summed E-state index contributed by atoms with van der Waals surface area (Å²) in [7, 11) is 1.84. The van der Waals surface area contributed by atoms with Gasteiger partial charge in [-0.3, -0.25) is 9.48 Å². The lowest BCUT2D eigenvalue weighted by Crippen LogP contribution is -2.48. The number of anilines is 1. The Morgan fingerprint density at radius 2 is 1.76 bits per heavy atom. The number of benzene rings is 1. The van der Waals surface area contributed by atoms with E-state index in [1.165, 1.54) is 5.69 Å². The van der Waals surface area contributed by atoms with Crippen LogP contribution >= 0.6 is 0 Å². The van der Waals surface area contributed by atoms with Crippen LogP contribution in [-0.4, -0.2) is 46.8 Å². The molecule has 1 aromatic carbocycles. The maximum atomic E-state index is 12.5. The van der Waals surface area contributed by atoms with Crippen molar-refractivity contribution in [3.63, 3.8) is 0 Å². The van der Waals surface area contributed by atoms with Crippen LogP contribution in [0.3, 0.4) is 0 Å². The number of aromatic nitrogens is 2. The lowest BCUT2D eigenvalue weighted by atomic mass is 10.2. The maximum Gasteiger partial charge on any atom is 0.257 e. The largest absolute Gasteiger partial charge is 0.368 e. The van der Waals surface area contributed by atoms with Crippen LogP contribution in [0.15, 0.2) is 36.5 Å². The van der Waals surface area contributed by atoms with Crippen LogP contribution in [0.25, 0.3) is 0 Å². The molecule has 2 aromatic rings. The van der Waals surface area contributed by atoms with Crippen molar-refractivity contribution >= 4 is 11.6 Å². The molecule has 1 amide bonds. The van der Waals surface area contributed by atoms with Crippen LogP contribution < -0.4 is 4.90 Å². The number of nitrogens with zero attached hydrogens (tertiary/aromatic N) is 4. The Labute approximate surface area is 124 Å². The third kappa shape index (κ3) is 2.77. The summed E-state index contributed by atoms with van der Waals surface area (Å²) in [6.45, 7) is 5.13. The highest BCUT2D eigenvalue weighted by molar-refractivity contribution is 5.95. The van der Waals surface area contributed by atoms with Crippen molar-refractivity contribution in [2.75, 3.05) is 31.1 Å². The zero-order valence-electron chi connectivity index (χ0n) is 12.5. The van der Waals surface area contributed by atoms with E-state index in [-0.39, 0.29) is 5.91 Å². The van der Waals surface area contributed by atoms with Crippen LogP contribution in [-0.2, 0) is 7.05 Å². The molecule has 0 N–H and O–H groups in total. The van der Waals surface area contributed by atoms with Crippen LogP contribution in [0.1, 0.15) is 16.1 Å². The van der Waals surface area contributed by atoms with Crippen LogP contribution in [0.2, 0.25) is 0 Å². The monoisotopic (exact) mass is 284 g/mol. The van der Waals surface area contributed by atoms with E-state index in [0.717, 1.165) is 31.9 Å². The summed E-state index contributed by atoms with van der Waals surface area (Å²) in [5.41, 5.74) is 2.74. The zero-order valence-corrected chi connectivity index (χ0v) is 12.5. The third-order valence-corrected chi connectivity index (χ3v) is 3.93. The molecule has 0 bridgehead atoms. The van der Waals surface area contributed by atoms with Gasteiger partial charge in [0.05, 0.1) is 11.3 Å². The van der Waals surface area contributed by atoms with Crippen molar-refractivity contribution in [3.8, 4) is 0 Å². The number of rotatable bonds is 2. The highest BCUT2D eigenvalue weighted by Crippen LogP contribution is 2.17. The van der Waals surface area contributed by atoms with E-state index in [1.54, 1.807) is 10.9 Å². The molecular weight excluding hydrogens is 264 g/mol. The second kappa shape index (κ2) is 5.60. The van der Waals surface area contributed by atoms with Gasteiger partial charge >= 0.3 is 0 Å². The summed E-state index contributed by atoms with van der Waals surface area (Å²) in [5.74, 6) is 0.0910. The Kier molecular flexibility index (Phi) is 3.64. The predicted octanol–water partition coefficient (Wildman–Crippen LogP) is 1.69. The lowest BCUT2D eigenvalue weighted by molar-refractivity contribution is 0.0746. The quantitative estimate of drug-likeness (QED) is 0.842. The van der Waals surface area contributed by atoms with Gasteiger partial charge in [-0.05, 0) is 19.1 Å². The molecule has 0 saturated carbocycles. The fraction of sp³-hybridized carbons (Fsp3) is 0.375. The van der Waals surface area contributed by atoms with E-state index >= 15 is 0 Å². The van der Waals surface area contributed by atoms with Crippen LogP contribution in [0, 0.1) is 6.92 Å². The van der Waals surface area contributed by atoms with E-state index < -0.39 is 0 Å². The number of piperazine rings is 1. The first-order valence-corrected chi connectivity index (χ1v) is 7.24. The van der Waals surface area contributed by atoms with Crippen molar-refractivity contribution < 1.29 is 4.79 Å².